The summed E-state index contributed by atoms with van der Waals surface area (Å²) in [7, 11) is 0. The Hall–Kier alpha value is -3.54. The van der Waals surface area contributed by atoms with Crippen LogP contribution in [0.2, 0.25) is 0 Å². The van der Waals surface area contributed by atoms with Crippen LogP contribution in [0.4, 0.5) is 17.2 Å². The number of nitrogens with two attached hydrogens (primary N) is 1. The number of nitriles is 1. The molecular formula is C13H10N6O3. The lowest BCUT2D eigenvalue weighted by molar-refractivity contribution is -0.385. The van der Waals surface area contributed by atoms with E-state index >= 15 is 0 Å². The molecule has 0 fully saturated rings. The minimum Gasteiger partial charge on any atom is -0.364 e. The van der Waals surface area contributed by atoms with Gasteiger partial charge in [-0.05, 0) is 13.0 Å². The molecule has 1 aromatic heterocycles. The lowest BCUT2D eigenvalue weighted by Crippen LogP contribution is -2.16. The molecule has 0 spiro atoms. The molecule has 0 atom stereocenters. The van der Waals surface area contributed by atoms with Crippen LogP contribution in [-0.4, -0.2) is 20.8 Å². The summed E-state index contributed by atoms with van der Waals surface area (Å²) in [5.74, 6) is -0.870. The van der Waals surface area contributed by atoms with E-state index in [4.69, 9.17) is 11.0 Å². The standard InChI is InChI=1S/C13H10N6O3/c1-7-2-3-8(4-10(7)19(21)22)17-13-11(12(15)20)16-6-9(5-14)18-13/h2-4,6H,1H3,(H2,15,20)(H,17,18). The number of primary amides is 1. The van der Waals surface area contributed by atoms with Crippen LogP contribution in [0, 0.1) is 28.4 Å². The topological polar surface area (TPSA) is 148 Å². The monoisotopic (exact) mass is 298 g/mol. The third-order valence-electron chi connectivity index (χ3n) is 2.79. The molecule has 110 valence electrons. The van der Waals surface area contributed by atoms with Gasteiger partial charge in [-0.3, -0.25) is 14.9 Å². The van der Waals surface area contributed by atoms with Gasteiger partial charge in [0, 0.05) is 17.3 Å². The molecule has 0 aliphatic rings. The van der Waals surface area contributed by atoms with Gasteiger partial charge in [-0.2, -0.15) is 5.26 Å². The second kappa shape index (κ2) is 5.84. The normalized spacial score (nSPS) is 9.82. The molecule has 2 rings (SSSR count). The number of anilines is 2. The SMILES string of the molecule is Cc1ccc(Nc2nc(C#N)cnc2C(N)=O)cc1[N+](=O)[O-]. The first kappa shape index (κ1) is 14.9. The molecular weight excluding hydrogens is 288 g/mol. The van der Waals surface area contributed by atoms with E-state index in [1.165, 1.54) is 6.07 Å². The van der Waals surface area contributed by atoms with Gasteiger partial charge in [0.15, 0.2) is 17.2 Å². The summed E-state index contributed by atoms with van der Waals surface area (Å²) >= 11 is 0. The average molecular weight is 298 g/mol. The van der Waals surface area contributed by atoms with Crippen molar-refractivity contribution in [3.63, 3.8) is 0 Å². The lowest BCUT2D eigenvalue weighted by Gasteiger charge is -2.09. The van der Waals surface area contributed by atoms with Crippen LogP contribution in [0.25, 0.3) is 0 Å². The highest BCUT2D eigenvalue weighted by atomic mass is 16.6. The van der Waals surface area contributed by atoms with Crippen molar-refractivity contribution in [3.05, 3.63) is 51.5 Å². The molecule has 22 heavy (non-hydrogen) atoms. The molecule has 0 saturated carbocycles. The number of carbonyl (C=O) groups excluding carboxylic acids is 1. The van der Waals surface area contributed by atoms with Gasteiger partial charge in [0.05, 0.1) is 11.1 Å². The highest BCUT2D eigenvalue weighted by Crippen LogP contribution is 2.25. The van der Waals surface area contributed by atoms with Crippen LogP contribution < -0.4 is 11.1 Å². The maximum absolute atomic E-state index is 11.3. The molecule has 0 unspecified atom stereocenters. The predicted octanol–water partition coefficient (Wildman–Crippen LogP) is 1.41. The van der Waals surface area contributed by atoms with Crippen molar-refractivity contribution in [2.45, 2.75) is 6.92 Å². The average Bonchev–Trinajstić information content (AvgIpc) is 2.48. The molecule has 2 aromatic rings. The molecule has 1 amide bonds. The molecule has 0 saturated heterocycles. The fourth-order valence-corrected chi connectivity index (χ4v) is 1.73. The van der Waals surface area contributed by atoms with Gasteiger partial charge in [0.2, 0.25) is 0 Å². The van der Waals surface area contributed by atoms with E-state index < -0.39 is 10.8 Å². The summed E-state index contributed by atoms with van der Waals surface area (Å²) in [6.07, 6.45) is 1.11. The number of amides is 1. The number of carbonyl (C=O) groups is 1. The van der Waals surface area contributed by atoms with Crippen molar-refractivity contribution in [1.29, 1.82) is 5.26 Å². The summed E-state index contributed by atoms with van der Waals surface area (Å²) < 4.78 is 0. The number of aryl methyl sites for hydroxylation is 1. The maximum Gasteiger partial charge on any atom is 0.274 e. The predicted molar refractivity (Wildman–Crippen MR) is 76.4 cm³/mol. The summed E-state index contributed by atoms with van der Waals surface area (Å²) in [5, 5.41) is 22.5. The molecule has 9 nitrogen and oxygen atoms in total. The number of nitrogens with zero attached hydrogens (tertiary/aromatic N) is 4. The summed E-state index contributed by atoms with van der Waals surface area (Å²) in [6, 6.07) is 6.20. The first-order valence-corrected chi connectivity index (χ1v) is 6.01. The highest BCUT2D eigenvalue weighted by molar-refractivity contribution is 5.96. The van der Waals surface area contributed by atoms with Gasteiger partial charge in [-0.25, -0.2) is 9.97 Å². The van der Waals surface area contributed by atoms with Crippen molar-refractivity contribution in [1.82, 2.24) is 9.97 Å². The lowest BCUT2D eigenvalue weighted by atomic mass is 10.2. The quantitative estimate of drug-likeness (QED) is 0.640. The molecule has 0 radical (unpaired) electrons. The summed E-state index contributed by atoms with van der Waals surface area (Å²) in [5.41, 5.74) is 5.73. The Morgan fingerprint density at radius 2 is 2.23 bits per heavy atom. The minimum atomic E-state index is -0.832. The Morgan fingerprint density at radius 1 is 1.50 bits per heavy atom. The Kier molecular flexibility index (Phi) is 3.94. The van der Waals surface area contributed by atoms with Gasteiger partial charge in [-0.15, -0.1) is 0 Å². The zero-order valence-corrected chi connectivity index (χ0v) is 11.4. The number of hydrogen-bond donors (Lipinski definition) is 2. The largest absolute Gasteiger partial charge is 0.364 e. The van der Waals surface area contributed by atoms with Crippen LogP contribution in [0.5, 0.6) is 0 Å². The van der Waals surface area contributed by atoms with E-state index in [0.717, 1.165) is 6.20 Å². The van der Waals surface area contributed by atoms with Crippen LogP contribution in [0.15, 0.2) is 24.4 Å². The fourth-order valence-electron chi connectivity index (χ4n) is 1.73. The summed E-state index contributed by atoms with van der Waals surface area (Å²) in [4.78, 5) is 29.4. The number of nitro groups is 1. The zero-order valence-electron chi connectivity index (χ0n) is 11.4. The number of rotatable bonds is 4. The van der Waals surface area contributed by atoms with Crippen LogP contribution in [0.1, 0.15) is 21.7 Å². The molecule has 9 heteroatoms. The fraction of sp³-hybridized carbons (Fsp3) is 0.0769. The second-order valence-electron chi connectivity index (χ2n) is 4.31. The van der Waals surface area contributed by atoms with Crippen molar-refractivity contribution >= 4 is 23.1 Å². The van der Waals surface area contributed by atoms with Gasteiger partial charge in [0.25, 0.3) is 11.6 Å². The van der Waals surface area contributed by atoms with Crippen molar-refractivity contribution in [2.75, 3.05) is 5.32 Å². The van der Waals surface area contributed by atoms with Crippen molar-refractivity contribution < 1.29 is 9.72 Å². The van der Waals surface area contributed by atoms with E-state index in [1.807, 2.05) is 0 Å². The molecule has 0 aliphatic carbocycles. The number of aromatic nitrogens is 2. The van der Waals surface area contributed by atoms with Crippen molar-refractivity contribution in [2.24, 2.45) is 5.73 Å². The molecule has 1 aromatic carbocycles. The second-order valence-corrected chi connectivity index (χ2v) is 4.31. The first-order chi connectivity index (χ1) is 10.4. The van der Waals surface area contributed by atoms with E-state index in [1.54, 1.807) is 25.1 Å². The molecule has 0 bridgehead atoms. The number of nitrogens with one attached hydrogen (secondary N) is 1. The van der Waals surface area contributed by atoms with Crippen molar-refractivity contribution in [3.8, 4) is 6.07 Å². The van der Waals surface area contributed by atoms with Gasteiger partial charge >= 0.3 is 0 Å². The minimum absolute atomic E-state index is 0.0193. The van der Waals surface area contributed by atoms with Gasteiger partial charge in [0.1, 0.15) is 6.07 Å². The third-order valence-corrected chi connectivity index (χ3v) is 2.79. The first-order valence-electron chi connectivity index (χ1n) is 6.01. The van der Waals surface area contributed by atoms with Gasteiger partial charge in [-0.1, -0.05) is 6.07 Å². The van der Waals surface area contributed by atoms with E-state index in [-0.39, 0.29) is 22.9 Å². The van der Waals surface area contributed by atoms with Gasteiger partial charge < -0.3 is 11.1 Å². The maximum atomic E-state index is 11.3. The van der Waals surface area contributed by atoms with Crippen LogP contribution in [0.3, 0.4) is 0 Å². The summed E-state index contributed by atoms with van der Waals surface area (Å²) in [6.45, 7) is 1.60. The van der Waals surface area contributed by atoms with Crippen LogP contribution >= 0.6 is 0 Å². The Morgan fingerprint density at radius 3 is 2.82 bits per heavy atom. The van der Waals surface area contributed by atoms with E-state index in [9.17, 15) is 14.9 Å². The number of hydrogen-bond acceptors (Lipinski definition) is 7. The molecule has 1 heterocycles. The Labute approximate surface area is 124 Å². The Balaban J connectivity index is 2.46. The smallest absolute Gasteiger partial charge is 0.274 e. The third kappa shape index (κ3) is 2.96. The highest BCUT2D eigenvalue weighted by Gasteiger charge is 2.15. The Bertz CT molecular complexity index is 812. The zero-order chi connectivity index (χ0) is 16.3. The number of benzene rings is 1. The van der Waals surface area contributed by atoms with E-state index in [0.29, 0.717) is 11.3 Å². The van der Waals surface area contributed by atoms with E-state index in [2.05, 4.69) is 15.3 Å². The molecule has 0 aliphatic heterocycles. The molecule has 3 N–H and O–H groups in total. The number of nitro benzene ring substituents is 1. The van der Waals surface area contributed by atoms with Crippen LogP contribution in [-0.2, 0) is 0 Å².